The van der Waals surface area contributed by atoms with Gasteiger partial charge in [0.1, 0.15) is 0 Å². The van der Waals surface area contributed by atoms with Crippen molar-refractivity contribution in [3.63, 3.8) is 0 Å². The number of rotatable bonds is 6. The summed E-state index contributed by atoms with van der Waals surface area (Å²) in [6.45, 7) is 4.04. The molecule has 0 saturated carbocycles. The van der Waals surface area contributed by atoms with Crippen molar-refractivity contribution >= 4 is 10.8 Å². The molecule has 3 heteroatoms. The van der Waals surface area contributed by atoms with Crippen molar-refractivity contribution in [2.75, 3.05) is 7.05 Å². The van der Waals surface area contributed by atoms with Gasteiger partial charge in [0.15, 0.2) is 0 Å². The molecule has 2 aromatic rings. The average Bonchev–Trinajstić information content (AvgIpc) is 2.53. The highest BCUT2D eigenvalue weighted by Gasteiger charge is 2.30. The normalized spacial score (nSPS) is 15.6. The van der Waals surface area contributed by atoms with Crippen LogP contribution in [0.25, 0.3) is 0 Å². The minimum Gasteiger partial charge on any atom is -0.312 e. The lowest BCUT2D eigenvalue weighted by molar-refractivity contribution is 0.559. The molecule has 0 amide bonds. The van der Waals surface area contributed by atoms with E-state index in [1.54, 1.807) is 0 Å². The van der Waals surface area contributed by atoms with Crippen LogP contribution in [0.15, 0.2) is 60.7 Å². The van der Waals surface area contributed by atoms with E-state index >= 15 is 0 Å². The largest absolute Gasteiger partial charge is 0.312 e. The van der Waals surface area contributed by atoms with Crippen molar-refractivity contribution in [1.29, 1.82) is 0 Å². The molecule has 2 rings (SSSR count). The van der Waals surface area contributed by atoms with E-state index < -0.39 is 10.8 Å². The number of hydrogen-bond acceptors (Lipinski definition) is 2. The summed E-state index contributed by atoms with van der Waals surface area (Å²) in [6, 6.07) is 20.4. The molecule has 0 aliphatic heterocycles. The molecule has 1 N–H and O–H groups in total. The van der Waals surface area contributed by atoms with Crippen LogP contribution in [0.1, 0.15) is 36.3 Å². The first-order chi connectivity index (χ1) is 10.1. The molecule has 0 heterocycles. The molecule has 0 radical (unpaired) electrons. The van der Waals surface area contributed by atoms with Crippen molar-refractivity contribution in [2.45, 2.75) is 30.4 Å². The Morgan fingerprint density at radius 1 is 0.857 bits per heavy atom. The fourth-order valence-electron chi connectivity index (χ4n) is 2.55. The Bertz CT molecular complexity index is 568. The van der Waals surface area contributed by atoms with Gasteiger partial charge in [0.2, 0.25) is 0 Å². The zero-order valence-corrected chi connectivity index (χ0v) is 13.6. The van der Waals surface area contributed by atoms with Crippen LogP contribution in [0.3, 0.4) is 0 Å². The third-order valence-corrected chi connectivity index (χ3v) is 5.59. The highest BCUT2D eigenvalue weighted by Crippen LogP contribution is 2.35. The van der Waals surface area contributed by atoms with Gasteiger partial charge in [0.25, 0.3) is 0 Å². The Hall–Kier alpha value is -1.45. The summed E-state index contributed by atoms with van der Waals surface area (Å²) in [6.07, 6.45) is 0. The fourth-order valence-corrected chi connectivity index (χ4v) is 4.12. The number of likely N-dealkylation sites (N-methyl/N-ethyl adjacent to an activating group) is 1. The summed E-state index contributed by atoms with van der Waals surface area (Å²) in [5.41, 5.74) is 2.29. The van der Waals surface area contributed by atoms with Crippen molar-refractivity contribution in [3.8, 4) is 0 Å². The Morgan fingerprint density at radius 2 is 1.33 bits per heavy atom. The summed E-state index contributed by atoms with van der Waals surface area (Å²) in [7, 11) is 0.982. The Balaban J connectivity index is 2.45. The molecular formula is C18H23NOS. The standard InChI is InChI=1S/C18H23NOS/c1-14(2)21(20)18(16-12-8-5-9-13-16)17(19-3)15-10-6-4-7-11-15/h4-14,17-19H,1-3H3. The molecule has 0 fully saturated rings. The maximum Gasteiger partial charge on any atom is 0.0794 e. The Kier molecular flexibility index (Phi) is 5.71. The molecule has 21 heavy (non-hydrogen) atoms. The second kappa shape index (κ2) is 7.53. The molecule has 3 unspecified atom stereocenters. The summed E-state index contributed by atoms with van der Waals surface area (Å²) in [4.78, 5) is 0. The van der Waals surface area contributed by atoms with Crippen LogP contribution in [-0.4, -0.2) is 16.5 Å². The van der Waals surface area contributed by atoms with Crippen LogP contribution in [0.5, 0.6) is 0 Å². The minimum atomic E-state index is -0.953. The Morgan fingerprint density at radius 3 is 1.76 bits per heavy atom. The first kappa shape index (κ1) is 15.9. The Labute approximate surface area is 130 Å². The molecule has 0 aliphatic carbocycles. The van der Waals surface area contributed by atoms with Crippen molar-refractivity contribution in [1.82, 2.24) is 5.32 Å². The maximum atomic E-state index is 12.9. The van der Waals surface area contributed by atoms with E-state index in [0.717, 1.165) is 5.56 Å². The molecule has 0 aliphatic rings. The second-order valence-corrected chi connectivity index (χ2v) is 7.49. The van der Waals surface area contributed by atoms with Crippen LogP contribution in [0.2, 0.25) is 0 Å². The molecular weight excluding hydrogens is 278 g/mol. The molecule has 0 spiro atoms. The molecule has 0 saturated heterocycles. The molecule has 3 atom stereocenters. The predicted molar refractivity (Wildman–Crippen MR) is 90.7 cm³/mol. The van der Waals surface area contributed by atoms with Gasteiger partial charge in [-0.05, 0) is 18.2 Å². The third-order valence-electron chi connectivity index (χ3n) is 3.62. The van der Waals surface area contributed by atoms with E-state index in [2.05, 4.69) is 29.6 Å². The number of nitrogens with one attached hydrogen (secondary N) is 1. The van der Waals surface area contributed by atoms with E-state index in [0.29, 0.717) is 0 Å². The van der Waals surface area contributed by atoms with Gasteiger partial charge < -0.3 is 5.32 Å². The zero-order chi connectivity index (χ0) is 15.2. The lowest BCUT2D eigenvalue weighted by Gasteiger charge is -2.28. The SMILES string of the molecule is CNC(c1ccccc1)C(c1ccccc1)S(=O)C(C)C. The van der Waals surface area contributed by atoms with Gasteiger partial charge in [0, 0.05) is 16.0 Å². The lowest BCUT2D eigenvalue weighted by atomic mass is 9.98. The topological polar surface area (TPSA) is 29.1 Å². The monoisotopic (exact) mass is 301 g/mol. The third kappa shape index (κ3) is 3.80. The molecule has 2 aromatic carbocycles. The van der Waals surface area contributed by atoms with Gasteiger partial charge in [0.05, 0.1) is 11.3 Å². The van der Waals surface area contributed by atoms with E-state index in [9.17, 15) is 4.21 Å². The smallest absolute Gasteiger partial charge is 0.0794 e. The van der Waals surface area contributed by atoms with Gasteiger partial charge in [-0.15, -0.1) is 0 Å². The minimum absolute atomic E-state index is 0.0387. The molecule has 0 bridgehead atoms. The predicted octanol–water partition coefficient (Wildman–Crippen LogP) is 3.85. The zero-order valence-electron chi connectivity index (χ0n) is 12.8. The number of hydrogen-bond donors (Lipinski definition) is 1. The second-order valence-electron chi connectivity index (χ2n) is 5.39. The van der Waals surface area contributed by atoms with Crippen LogP contribution < -0.4 is 5.32 Å². The van der Waals surface area contributed by atoms with Gasteiger partial charge in [-0.25, -0.2) is 0 Å². The van der Waals surface area contributed by atoms with E-state index in [1.165, 1.54) is 5.56 Å². The van der Waals surface area contributed by atoms with Gasteiger partial charge >= 0.3 is 0 Å². The maximum absolute atomic E-state index is 12.9. The van der Waals surface area contributed by atoms with Crippen LogP contribution in [-0.2, 0) is 10.8 Å². The summed E-state index contributed by atoms with van der Waals surface area (Å²) in [5.74, 6) is 0. The summed E-state index contributed by atoms with van der Waals surface area (Å²) < 4.78 is 12.9. The molecule has 2 nitrogen and oxygen atoms in total. The molecule has 112 valence electrons. The highest BCUT2D eigenvalue weighted by molar-refractivity contribution is 7.85. The van der Waals surface area contributed by atoms with Crippen molar-refractivity contribution in [2.24, 2.45) is 0 Å². The van der Waals surface area contributed by atoms with Gasteiger partial charge in [-0.3, -0.25) is 4.21 Å². The molecule has 0 aromatic heterocycles. The average molecular weight is 301 g/mol. The van der Waals surface area contributed by atoms with E-state index in [-0.39, 0.29) is 16.5 Å². The summed E-state index contributed by atoms with van der Waals surface area (Å²) in [5, 5.41) is 3.42. The first-order valence-corrected chi connectivity index (χ1v) is 8.59. The van der Waals surface area contributed by atoms with Crippen LogP contribution in [0, 0.1) is 0 Å². The van der Waals surface area contributed by atoms with Gasteiger partial charge in [-0.1, -0.05) is 74.5 Å². The van der Waals surface area contributed by atoms with Crippen LogP contribution >= 0.6 is 0 Å². The van der Waals surface area contributed by atoms with Gasteiger partial charge in [-0.2, -0.15) is 0 Å². The number of benzene rings is 2. The van der Waals surface area contributed by atoms with Crippen molar-refractivity contribution in [3.05, 3.63) is 71.8 Å². The quantitative estimate of drug-likeness (QED) is 0.878. The lowest BCUT2D eigenvalue weighted by Crippen LogP contribution is -2.29. The highest BCUT2D eigenvalue weighted by atomic mass is 32.2. The van der Waals surface area contributed by atoms with Crippen molar-refractivity contribution < 1.29 is 4.21 Å². The fraction of sp³-hybridized carbons (Fsp3) is 0.333. The van der Waals surface area contributed by atoms with Crippen LogP contribution in [0.4, 0.5) is 0 Å². The first-order valence-electron chi connectivity index (χ1n) is 7.31. The van der Waals surface area contributed by atoms with E-state index in [1.807, 2.05) is 57.3 Å². The van der Waals surface area contributed by atoms with E-state index in [4.69, 9.17) is 0 Å². The summed E-state index contributed by atoms with van der Waals surface area (Å²) >= 11 is 0.